The van der Waals surface area contributed by atoms with Crippen LogP contribution in [0.15, 0.2) is 79.1 Å². The summed E-state index contributed by atoms with van der Waals surface area (Å²) < 4.78 is 15.8. The standard InChI is InChI=1S/C31H31FN8/c1-33-24-13-16-38(20-24)31-18-21(12-14-34-31)25-7-3-8-26(36-25)28-19-35-29-10-11-30(37-40(28)29)39-15-4-9-27(39)22-5-2-6-23(32)17-22/h2-3,5-8,10-12,14,17-19,24,27,33H,4,9,13,15-16,20H2,1H3/t24-,27-/m1/s1. The number of nitrogens with one attached hydrogen (secondary N) is 1. The van der Waals surface area contributed by atoms with E-state index in [9.17, 15) is 4.39 Å². The van der Waals surface area contributed by atoms with Gasteiger partial charge in [0.1, 0.15) is 23.1 Å². The van der Waals surface area contributed by atoms with Crippen molar-refractivity contribution in [3.05, 3.63) is 90.5 Å². The minimum atomic E-state index is -0.209. The lowest BCUT2D eigenvalue weighted by atomic mass is 10.0. The van der Waals surface area contributed by atoms with Gasteiger partial charge in [0.15, 0.2) is 5.65 Å². The van der Waals surface area contributed by atoms with Crippen LogP contribution in [-0.2, 0) is 0 Å². The lowest BCUT2D eigenvalue weighted by molar-refractivity contribution is 0.616. The molecular formula is C31H31FN8. The van der Waals surface area contributed by atoms with E-state index in [2.05, 4.69) is 31.2 Å². The van der Waals surface area contributed by atoms with Crippen LogP contribution in [-0.4, -0.2) is 57.3 Å². The molecule has 2 atom stereocenters. The van der Waals surface area contributed by atoms with E-state index in [0.717, 1.165) is 84.4 Å². The van der Waals surface area contributed by atoms with E-state index in [4.69, 9.17) is 10.1 Å². The van der Waals surface area contributed by atoms with E-state index >= 15 is 0 Å². The predicted molar refractivity (Wildman–Crippen MR) is 155 cm³/mol. The Morgan fingerprint density at radius 2 is 1.80 bits per heavy atom. The highest BCUT2D eigenvalue weighted by Crippen LogP contribution is 2.36. The maximum Gasteiger partial charge on any atom is 0.154 e. The number of aromatic nitrogens is 5. The van der Waals surface area contributed by atoms with Crippen LogP contribution in [0.5, 0.6) is 0 Å². The molecule has 1 N–H and O–H groups in total. The Labute approximate surface area is 232 Å². The molecule has 0 saturated carbocycles. The summed E-state index contributed by atoms with van der Waals surface area (Å²) in [7, 11) is 2.01. The molecule has 2 fully saturated rings. The molecular weight excluding hydrogens is 503 g/mol. The van der Waals surface area contributed by atoms with Crippen molar-refractivity contribution >= 4 is 17.3 Å². The van der Waals surface area contributed by atoms with E-state index in [1.807, 2.05) is 66.4 Å². The van der Waals surface area contributed by atoms with Gasteiger partial charge < -0.3 is 15.1 Å². The highest BCUT2D eigenvalue weighted by Gasteiger charge is 2.28. The average Bonchev–Trinajstić information content (AvgIpc) is 3.77. The molecule has 0 bridgehead atoms. The third-order valence-electron chi connectivity index (χ3n) is 8.10. The quantitative estimate of drug-likeness (QED) is 0.324. The van der Waals surface area contributed by atoms with Crippen molar-refractivity contribution in [3.63, 3.8) is 0 Å². The first-order chi connectivity index (χ1) is 19.7. The fraction of sp³-hybridized carbons (Fsp3) is 0.290. The van der Waals surface area contributed by atoms with Gasteiger partial charge in [-0.25, -0.2) is 23.9 Å². The number of hydrogen-bond acceptors (Lipinski definition) is 7. The van der Waals surface area contributed by atoms with E-state index in [0.29, 0.717) is 6.04 Å². The number of fused-ring (bicyclic) bond motifs is 1. The van der Waals surface area contributed by atoms with E-state index < -0.39 is 0 Å². The molecule has 6 heterocycles. The first-order valence-corrected chi connectivity index (χ1v) is 13.9. The molecule has 2 aliphatic heterocycles. The first-order valence-electron chi connectivity index (χ1n) is 13.9. The van der Waals surface area contributed by atoms with Crippen molar-refractivity contribution in [3.8, 4) is 22.6 Å². The summed E-state index contributed by atoms with van der Waals surface area (Å²) in [5.74, 6) is 1.61. The lowest BCUT2D eigenvalue weighted by Gasteiger charge is -2.26. The Balaban J connectivity index is 1.20. The molecule has 202 valence electrons. The number of imidazole rings is 1. The summed E-state index contributed by atoms with van der Waals surface area (Å²) >= 11 is 0. The largest absolute Gasteiger partial charge is 0.355 e. The van der Waals surface area contributed by atoms with Gasteiger partial charge in [-0.2, -0.15) is 0 Å². The zero-order valence-electron chi connectivity index (χ0n) is 22.4. The molecule has 2 saturated heterocycles. The molecule has 40 heavy (non-hydrogen) atoms. The Kier molecular flexibility index (Phi) is 6.36. The summed E-state index contributed by atoms with van der Waals surface area (Å²) in [5.41, 5.74) is 5.26. The fourth-order valence-corrected chi connectivity index (χ4v) is 5.99. The lowest BCUT2D eigenvalue weighted by Crippen LogP contribution is -2.29. The number of halogens is 1. The van der Waals surface area contributed by atoms with Crippen molar-refractivity contribution in [2.24, 2.45) is 0 Å². The second-order valence-corrected chi connectivity index (χ2v) is 10.5. The molecule has 7 rings (SSSR count). The van der Waals surface area contributed by atoms with Crippen LogP contribution in [0.4, 0.5) is 16.0 Å². The molecule has 5 aromatic rings. The monoisotopic (exact) mass is 534 g/mol. The molecule has 0 aliphatic carbocycles. The molecule has 0 spiro atoms. The van der Waals surface area contributed by atoms with E-state index in [-0.39, 0.29) is 11.9 Å². The maximum atomic E-state index is 14.0. The number of nitrogens with zero attached hydrogens (tertiary/aromatic N) is 7. The molecule has 8 nitrogen and oxygen atoms in total. The van der Waals surface area contributed by atoms with Gasteiger partial charge in [-0.05, 0) is 80.4 Å². The van der Waals surface area contributed by atoms with Gasteiger partial charge in [-0.1, -0.05) is 18.2 Å². The number of likely N-dealkylation sites (N-methyl/N-ethyl adjacent to an activating group) is 1. The fourth-order valence-electron chi connectivity index (χ4n) is 5.99. The SMILES string of the molecule is CN[C@@H]1CCN(c2cc(-c3cccc(-c4cnc5ccc(N6CCC[C@@H]6c6cccc(F)c6)nn45)n3)ccn2)C1. The summed E-state index contributed by atoms with van der Waals surface area (Å²) in [6, 6.07) is 21.6. The number of pyridine rings is 2. The minimum absolute atomic E-state index is 0.0916. The predicted octanol–water partition coefficient (Wildman–Crippen LogP) is 5.13. The van der Waals surface area contributed by atoms with Crippen molar-refractivity contribution in [1.82, 2.24) is 29.9 Å². The Morgan fingerprint density at radius 1 is 0.900 bits per heavy atom. The van der Waals surface area contributed by atoms with Crippen LogP contribution in [0.1, 0.15) is 30.9 Å². The number of hydrogen-bond donors (Lipinski definition) is 1. The number of benzene rings is 1. The number of rotatable bonds is 6. The van der Waals surface area contributed by atoms with E-state index in [1.165, 1.54) is 6.07 Å². The normalized spacial score (nSPS) is 19.1. The summed E-state index contributed by atoms with van der Waals surface area (Å²) in [6.45, 7) is 2.81. The van der Waals surface area contributed by atoms with Gasteiger partial charge in [-0.3, -0.25) is 0 Å². The molecule has 9 heteroatoms. The van der Waals surface area contributed by atoms with Crippen molar-refractivity contribution in [1.29, 1.82) is 0 Å². The molecule has 0 amide bonds. The third-order valence-corrected chi connectivity index (χ3v) is 8.10. The first kappa shape index (κ1) is 24.7. The van der Waals surface area contributed by atoms with Crippen molar-refractivity contribution in [2.75, 3.05) is 36.5 Å². The molecule has 0 unspecified atom stereocenters. The van der Waals surface area contributed by atoms with Crippen LogP contribution >= 0.6 is 0 Å². The van der Waals surface area contributed by atoms with Crippen LogP contribution in [0, 0.1) is 5.82 Å². The van der Waals surface area contributed by atoms with Crippen LogP contribution in [0.3, 0.4) is 0 Å². The van der Waals surface area contributed by atoms with Gasteiger partial charge in [-0.15, -0.1) is 5.10 Å². The number of anilines is 2. The highest BCUT2D eigenvalue weighted by atomic mass is 19.1. The summed E-state index contributed by atoms with van der Waals surface area (Å²) in [5, 5.41) is 8.37. The molecule has 0 radical (unpaired) electrons. The van der Waals surface area contributed by atoms with E-state index in [1.54, 1.807) is 12.1 Å². The van der Waals surface area contributed by atoms with Gasteiger partial charge >= 0.3 is 0 Å². The van der Waals surface area contributed by atoms with Gasteiger partial charge in [0.05, 0.1) is 23.6 Å². The average molecular weight is 535 g/mol. The second kappa shape index (κ2) is 10.3. The zero-order valence-corrected chi connectivity index (χ0v) is 22.4. The Morgan fingerprint density at radius 3 is 2.67 bits per heavy atom. The van der Waals surface area contributed by atoms with Gasteiger partial charge in [0, 0.05) is 37.4 Å². The molecule has 1 aromatic carbocycles. The summed E-state index contributed by atoms with van der Waals surface area (Å²) in [6.07, 6.45) is 6.79. The maximum absolute atomic E-state index is 14.0. The Bertz CT molecular complexity index is 1670. The minimum Gasteiger partial charge on any atom is -0.355 e. The molecule has 4 aromatic heterocycles. The smallest absolute Gasteiger partial charge is 0.154 e. The Hall–Kier alpha value is -4.37. The second-order valence-electron chi connectivity index (χ2n) is 10.5. The zero-order chi connectivity index (χ0) is 27.1. The van der Waals surface area contributed by atoms with Crippen LogP contribution in [0.2, 0.25) is 0 Å². The van der Waals surface area contributed by atoms with Crippen LogP contribution in [0.25, 0.3) is 28.3 Å². The van der Waals surface area contributed by atoms with Gasteiger partial charge in [0.25, 0.3) is 0 Å². The van der Waals surface area contributed by atoms with Crippen LogP contribution < -0.4 is 15.1 Å². The summed E-state index contributed by atoms with van der Waals surface area (Å²) in [4.78, 5) is 18.8. The third kappa shape index (κ3) is 4.56. The topological polar surface area (TPSA) is 74.5 Å². The van der Waals surface area contributed by atoms with Gasteiger partial charge in [0.2, 0.25) is 0 Å². The molecule has 2 aliphatic rings. The highest BCUT2D eigenvalue weighted by molar-refractivity contribution is 5.68. The van der Waals surface area contributed by atoms with Crippen molar-refractivity contribution < 1.29 is 4.39 Å². The van der Waals surface area contributed by atoms with Crippen molar-refractivity contribution in [2.45, 2.75) is 31.3 Å².